The van der Waals surface area contributed by atoms with Gasteiger partial charge in [-0.25, -0.2) is 4.98 Å². The number of carbonyl (C=O) groups is 2. The molecule has 0 spiro atoms. The Hall–Kier alpha value is -1.95. The second-order valence-corrected chi connectivity index (χ2v) is 5.09. The van der Waals surface area contributed by atoms with E-state index in [1.165, 1.54) is 0 Å². The summed E-state index contributed by atoms with van der Waals surface area (Å²) in [6.07, 6.45) is 2.71. The molecule has 0 aromatic carbocycles. The van der Waals surface area contributed by atoms with Crippen LogP contribution in [0, 0.1) is 0 Å². The minimum absolute atomic E-state index is 0.164. The number of methoxy groups -OCH3 is 1. The fraction of sp³-hybridized carbons (Fsp3) is 0.562. The van der Waals surface area contributed by atoms with Gasteiger partial charge in [-0.3, -0.25) is 9.59 Å². The molecule has 0 aliphatic rings. The van der Waals surface area contributed by atoms with Crippen LogP contribution >= 0.6 is 0 Å². The van der Waals surface area contributed by atoms with E-state index < -0.39 is 0 Å². The zero-order valence-electron chi connectivity index (χ0n) is 13.6. The van der Waals surface area contributed by atoms with Crippen LogP contribution in [0.15, 0.2) is 18.2 Å². The number of hydrogen-bond donors (Lipinski definition) is 1. The van der Waals surface area contributed by atoms with Gasteiger partial charge in [0.05, 0.1) is 0 Å². The van der Waals surface area contributed by atoms with E-state index in [-0.39, 0.29) is 17.5 Å². The van der Waals surface area contributed by atoms with Crippen molar-refractivity contribution in [1.82, 2.24) is 15.2 Å². The number of pyridine rings is 1. The third-order valence-corrected chi connectivity index (χ3v) is 3.21. The standard InChI is InChI=1S/C16H25N3O3/c1-4-5-11-19(2)16(21)14-9-6-8-13(18-14)15(20)17-10-7-12-22-3/h6,8-9H,4-5,7,10-12H2,1-3H3,(H,17,20). The predicted molar refractivity (Wildman–Crippen MR) is 84.9 cm³/mol. The van der Waals surface area contributed by atoms with Crippen molar-refractivity contribution < 1.29 is 14.3 Å². The summed E-state index contributed by atoms with van der Waals surface area (Å²) in [5.74, 6) is -0.440. The van der Waals surface area contributed by atoms with Crippen LogP contribution in [0.4, 0.5) is 0 Å². The van der Waals surface area contributed by atoms with Gasteiger partial charge < -0.3 is 15.0 Å². The molecule has 1 N–H and O–H groups in total. The van der Waals surface area contributed by atoms with E-state index in [4.69, 9.17) is 4.74 Å². The van der Waals surface area contributed by atoms with Crippen molar-refractivity contribution >= 4 is 11.8 Å². The van der Waals surface area contributed by atoms with Crippen LogP contribution in [0.5, 0.6) is 0 Å². The smallest absolute Gasteiger partial charge is 0.272 e. The summed E-state index contributed by atoms with van der Waals surface area (Å²) in [6.45, 7) is 3.87. The molecule has 0 atom stereocenters. The molecule has 22 heavy (non-hydrogen) atoms. The first-order valence-corrected chi connectivity index (χ1v) is 7.59. The van der Waals surface area contributed by atoms with Crippen molar-refractivity contribution in [2.75, 3.05) is 33.9 Å². The Balaban J connectivity index is 2.64. The highest BCUT2D eigenvalue weighted by Gasteiger charge is 2.15. The van der Waals surface area contributed by atoms with Gasteiger partial charge >= 0.3 is 0 Å². The van der Waals surface area contributed by atoms with Crippen molar-refractivity contribution in [3.8, 4) is 0 Å². The third kappa shape index (κ3) is 5.81. The van der Waals surface area contributed by atoms with Gasteiger partial charge in [-0.2, -0.15) is 0 Å². The molecular weight excluding hydrogens is 282 g/mol. The lowest BCUT2D eigenvalue weighted by Crippen LogP contribution is -2.30. The first kappa shape index (κ1) is 18.1. The molecule has 2 amide bonds. The summed E-state index contributed by atoms with van der Waals surface area (Å²) >= 11 is 0. The van der Waals surface area contributed by atoms with E-state index in [9.17, 15) is 9.59 Å². The lowest BCUT2D eigenvalue weighted by atomic mass is 10.2. The zero-order valence-corrected chi connectivity index (χ0v) is 13.6. The highest BCUT2D eigenvalue weighted by atomic mass is 16.5. The average Bonchev–Trinajstić information content (AvgIpc) is 2.55. The molecule has 0 bridgehead atoms. The molecule has 1 aromatic heterocycles. The predicted octanol–water partition coefficient (Wildman–Crippen LogP) is 1.72. The lowest BCUT2D eigenvalue weighted by Gasteiger charge is -2.16. The fourth-order valence-electron chi connectivity index (χ4n) is 1.88. The highest BCUT2D eigenvalue weighted by molar-refractivity contribution is 5.96. The molecule has 1 aromatic rings. The molecule has 0 unspecified atom stereocenters. The Labute approximate surface area is 131 Å². The molecule has 0 aliphatic heterocycles. The van der Waals surface area contributed by atoms with Gasteiger partial charge in [0.25, 0.3) is 11.8 Å². The maximum absolute atomic E-state index is 12.2. The van der Waals surface area contributed by atoms with E-state index in [0.29, 0.717) is 25.4 Å². The van der Waals surface area contributed by atoms with E-state index in [1.807, 2.05) is 0 Å². The van der Waals surface area contributed by atoms with Gasteiger partial charge in [-0.05, 0) is 25.0 Å². The number of rotatable bonds is 9. The summed E-state index contributed by atoms with van der Waals surface area (Å²) in [7, 11) is 3.37. The molecule has 122 valence electrons. The Kier molecular flexibility index (Phi) is 8.14. The highest BCUT2D eigenvalue weighted by Crippen LogP contribution is 2.04. The monoisotopic (exact) mass is 307 g/mol. The molecule has 0 aliphatic carbocycles. The van der Waals surface area contributed by atoms with Crippen LogP contribution in [-0.2, 0) is 4.74 Å². The number of unbranched alkanes of at least 4 members (excludes halogenated alkanes) is 1. The Morgan fingerprint density at radius 2 is 2.00 bits per heavy atom. The Morgan fingerprint density at radius 1 is 1.27 bits per heavy atom. The summed E-state index contributed by atoms with van der Waals surface area (Å²) in [5.41, 5.74) is 0.551. The molecule has 6 nitrogen and oxygen atoms in total. The first-order valence-electron chi connectivity index (χ1n) is 7.59. The summed E-state index contributed by atoms with van der Waals surface area (Å²) in [6, 6.07) is 4.92. The average molecular weight is 307 g/mol. The van der Waals surface area contributed by atoms with Crippen LogP contribution in [0.25, 0.3) is 0 Å². The number of amides is 2. The summed E-state index contributed by atoms with van der Waals surface area (Å²) < 4.78 is 4.92. The van der Waals surface area contributed by atoms with Crippen LogP contribution in [0.2, 0.25) is 0 Å². The van der Waals surface area contributed by atoms with Crippen LogP contribution in [-0.4, -0.2) is 55.6 Å². The number of nitrogens with one attached hydrogen (secondary N) is 1. The minimum atomic E-state index is -0.276. The van der Waals surface area contributed by atoms with Crippen molar-refractivity contribution in [2.24, 2.45) is 0 Å². The normalized spacial score (nSPS) is 10.3. The molecular formula is C16H25N3O3. The van der Waals surface area contributed by atoms with E-state index in [0.717, 1.165) is 19.3 Å². The molecule has 6 heteroatoms. The minimum Gasteiger partial charge on any atom is -0.385 e. The van der Waals surface area contributed by atoms with Crippen molar-refractivity contribution in [3.05, 3.63) is 29.6 Å². The SMILES string of the molecule is CCCCN(C)C(=O)c1cccc(C(=O)NCCCOC)n1. The number of nitrogens with zero attached hydrogens (tertiary/aromatic N) is 2. The summed E-state index contributed by atoms with van der Waals surface area (Å²) in [4.78, 5) is 30.0. The number of hydrogen-bond acceptors (Lipinski definition) is 4. The quantitative estimate of drug-likeness (QED) is 0.705. The summed E-state index contributed by atoms with van der Waals surface area (Å²) in [5, 5.41) is 2.76. The van der Waals surface area contributed by atoms with Gasteiger partial charge in [0, 0.05) is 33.9 Å². The van der Waals surface area contributed by atoms with E-state index >= 15 is 0 Å². The van der Waals surface area contributed by atoms with Crippen molar-refractivity contribution in [1.29, 1.82) is 0 Å². The largest absolute Gasteiger partial charge is 0.385 e. The van der Waals surface area contributed by atoms with E-state index in [1.54, 1.807) is 37.3 Å². The van der Waals surface area contributed by atoms with E-state index in [2.05, 4.69) is 17.2 Å². The Morgan fingerprint density at radius 3 is 2.68 bits per heavy atom. The molecule has 0 radical (unpaired) electrons. The van der Waals surface area contributed by atoms with Gasteiger partial charge in [-0.15, -0.1) is 0 Å². The molecule has 0 fully saturated rings. The Bertz CT molecular complexity index is 491. The van der Waals surface area contributed by atoms with Crippen LogP contribution < -0.4 is 5.32 Å². The second-order valence-electron chi connectivity index (χ2n) is 5.09. The maximum atomic E-state index is 12.2. The first-order chi connectivity index (χ1) is 10.6. The maximum Gasteiger partial charge on any atom is 0.272 e. The third-order valence-electron chi connectivity index (χ3n) is 3.21. The van der Waals surface area contributed by atoms with Gasteiger partial charge in [0.15, 0.2) is 0 Å². The molecule has 1 heterocycles. The van der Waals surface area contributed by atoms with Gasteiger partial charge in [0.2, 0.25) is 0 Å². The molecule has 1 rings (SSSR count). The topological polar surface area (TPSA) is 71.5 Å². The lowest BCUT2D eigenvalue weighted by molar-refractivity contribution is 0.0787. The van der Waals surface area contributed by atoms with Crippen LogP contribution in [0.1, 0.15) is 47.2 Å². The van der Waals surface area contributed by atoms with Crippen molar-refractivity contribution in [3.63, 3.8) is 0 Å². The van der Waals surface area contributed by atoms with Crippen LogP contribution in [0.3, 0.4) is 0 Å². The van der Waals surface area contributed by atoms with Gasteiger partial charge in [-0.1, -0.05) is 19.4 Å². The number of aromatic nitrogens is 1. The number of ether oxygens (including phenoxy) is 1. The molecule has 0 saturated heterocycles. The van der Waals surface area contributed by atoms with Crippen molar-refractivity contribution in [2.45, 2.75) is 26.2 Å². The fourth-order valence-corrected chi connectivity index (χ4v) is 1.88. The second kappa shape index (κ2) is 9.89. The zero-order chi connectivity index (χ0) is 16.4. The molecule has 0 saturated carbocycles. The van der Waals surface area contributed by atoms with Gasteiger partial charge in [0.1, 0.15) is 11.4 Å². The number of carbonyl (C=O) groups excluding carboxylic acids is 2.